The van der Waals surface area contributed by atoms with Crippen molar-refractivity contribution < 1.29 is 9.59 Å². The Morgan fingerprint density at radius 3 is 2.68 bits per heavy atom. The van der Waals surface area contributed by atoms with Gasteiger partial charge in [0.15, 0.2) is 5.82 Å². The molecule has 2 heterocycles. The van der Waals surface area contributed by atoms with Crippen molar-refractivity contribution in [3.63, 3.8) is 0 Å². The number of rotatable bonds is 2. The van der Waals surface area contributed by atoms with Crippen LogP contribution in [0.3, 0.4) is 0 Å². The molecule has 6 nitrogen and oxygen atoms in total. The lowest BCUT2D eigenvalue weighted by atomic mass is 10.2. The zero-order chi connectivity index (χ0) is 15.7. The maximum atomic E-state index is 12.0. The van der Waals surface area contributed by atoms with E-state index in [-0.39, 0.29) is 12.5 Å². The van der Waals surface area contributed by atoms with Gasteiger partial charge in [0, 0.05) is 17.3 Å². The summed E-state index contributed by atoms with van der Waals surface area (Å²) >= 11 is 3.25. The summed E-state index contributed by atoms with van der Waals surface area (Å²) in [6.45, 7) is 2.07. The van der Waals surface area contributed by atoms with E-state index in [2.05, 4.69) is 31.2 Å². The van der Waals surface area contributed by atoms with Crippen LogP contribution in [0.15, 0.2) is 36.4 Å². The second-order valence-electron chi connectivity index (χ2n) is 4.93. The molecule has 1 atom stereocenters. The number of carbonyl (C=O) groups excluding carboxylic acids is 2. The third-order valence-corrected chi connectivity index (χ3v) is 3.96. The lowest BCUT2D eigenvalue weighted by molar-refractivity contribution is -0.119. The van der Waals surface area contributed by atoms with E-state index in [9.17, 15) is 9.59 Å². The van der Waals surface area contributed by atoms with Crippen molar-refractivity contribution in [2.45, 2.75) is 11.8 Å². The van der Waals surface area contributed by atoms with Gasteiger partial charge in [-0.25, -0.2) is 14.8 Å². The Balaban J connectivity index is 1.99. The summed E-state index contributed by atoms with van der Waals surface area (Å²) in [5, 5.41) is 2.30. The molecule has 0 aliphatic carbocycles. The molecule has 0 spiro atoms. The van der Waals surface area contributed by atoms with Crippen molar-refractivity contribution in [3.8, 4) is 11.4 Å². The summed E-state index contributed by atoms with van der Waals surface area (Å²) in [4.78, 5) is 33.4. The first kappa shape index (κ1) is 14.6. The minimum Gasteiger partial charge on any atom is -0.277 e. The molecule has 3 amide bonds. The second kappa shape index (κ2) is 5.84. The zero-order valence-corrected chi connectivity index (χ0v) is 13.4. The van der Waals surface area contributed by atoms with E-state index in [1.807, 2.05) is 37.3 Å². The van der Waals surface area contributed by atoms with Gasteiger partial charge >= 0.3 is 6.03 Å². The molecule has 0 radical (unpaired) electrons. The number of benzene rings is 1. The summed E-state index contributed by atoms with van der Waals surface area (Å²) in [5.41, 5.74) is 1.62. The fourth-order valence-electron chi connectivity index (χ4n) is 2.18. The number of amides is 3. The smallest absolute Gasteiger partial charge is 0.277 e. The quantitative estimate of drug-likeness (QED) is 0.833. The van der Waals surface area contributed by atoms with Gasteiger partial charge in [0.05, 0.1) is 6.54 Å². The summed E-state index contributed by atoms with van der Waals surface area (Å²) in [5.74, 6) is 0.683. The van der Waals surface area contributed by atoms with E-state index in [1.54, 1.807) is 6.07 Å². The summed E-state index contributed by atoms with van der Waals surface area (Å²) in [6, 6.07) is 10.8. The van der Waals surface area contributed by atoms with E-state index in [1.165, 1.54) is 4.90 Å². The summed E-state index contributed by atoms with van der Waals surface area (Å²) < 4.78 is 0. The van der Waals surface area contributed by atoms with E-state index < -0.39 is 10.9 Å². The molecule has 3 rings (SSSR count). The Bertz CT molecular complexity index is 736. The standard InChI is InChI=1S/C15H13BrN4O2/c1-9-7-12(20-8-11(16)14(21)19-15(20)22)18-13(17-9)10-5-3-2-4-6-10/h2-7,11H,8H2,1H3,(H,19,21,22). The third-order valence-electron chi connectivity index (χ3n) is 3.25. The number of aryl methyl sites for hydroxylation is 1. The number of anilines is 1. The maximum Gasteiger partial charge on any atom is 0.329 e. The molecule has 1 aromatic heterocycles. The van der Waals surface area contributed by atoms with Gasteiger partial charge < -0.3 is 0 Å². The first-order chi connectivity index (χ1) is 10.5. The van der Waals surface area contributed by atoms with Gasteiger partial charge in [0.25, 0.3) is 0 Å². The molecule has 1 aliphatic rings. The normalized spacial score (nSPS) is 18.3. The number of alkyl halides is 1. The topological polar surface area (TPSA) is 75.2 Å². The van der Waals surface area contributed by atoms with Gasteiger partial charge in [-0.3, -0.25) is 15.0 Å². The number of imide groups is 1. The Labute approximate surface area is 135 Å². The molecule has 0 saturated carbocycles. The van der Waals surface area contributed by atoms with E-state index in [0.717, 1.165) is 11.3 Å². The SMILES string of the molecule is Cc1cc(N2CC(Br)C(=O)NC2=O)nc(-c2ccccc2)n1. The number of hydrogen-bond acceptors (Lipinski definition) is 4. The largest absolute Gasteiger partial charge is 0.329 e. The van der Waals surface area contributed by atoms with Crippen LogP contribution in [0.1, 0.15) is 5.69 Å². The minimum atomic E-state index is -0.474. The lowest BCUT2D eigenvalue weighted by Gasteiger charge is -2.28. The number of hydrogen-bond donors (Lipinski definition) is 1. The van der Waals surface area contributed by atoms with Crippen molar-refractivity contribution in [1.29, 1.82) is 0 Å². The lowest BCUT2D eigenvalue weighted by Crippen LogP contribution is -2.55. The van der Waals surface area contributed by atoms with Crippen LogP contribution in [0.2, 0.25) is 0 Å². The predicted molar refractivity (Wildman–Crippen MR) is 85.8 cm³/mol. The van der Waals surface area contributed by atoms with Crippen molar-refractivity contribution in [2.24, 2.45) is 0 Å². The zero-order valence-electron chi connectivity index (χ0n) is 11.8. The average Bonchev–Trinajstić information content (AvgIpc) is 2.51. The van der Waals surface area contributed by atoms with Crippen LogP contribution < -0.4 is 10.2 Å². The van der Waals surface area contributed by atoms with Crippen LogP contribution in [-0.2, 0) is 4.79 Å². The molecule has 1 unspecified atom stereocenters. The van der Waals surface area contributed by atoms with E-state index in [4.69, 9.17) is 0 Å². The number of aromatic nitrogens is 2. The number of nitrogens with one attached hydrogen (secondary N) is 1. The molecule has 1 N–H and O–H groups in total. The van der Waals surface area contributed by atoms with Crippen molar-refractivity contribution in [1.82, 2.24) is 15.3 Å². The second-order valence-corrected chi connectivity index (χ2v) is 6.04. The van der Waals surface area contributed by atoms with Gasteiger partial charge in [-0.05, 0) is 6.92 Å². The molecule has 22 heavy (non-hydrogen) atoms. The van der Waals surface area contributed by atoms with Crippen LogP contribution in [-0.4, -0.2) is 33.3 Å². The van der Waals surface area contributed by atoms with E-state index in [0.29, 0.717) is 11.6 Å². The first-order valence-corrected chi connectivity index (χ1v) is 7.63. The monoisotopic (exact) mass is 360 g/mol. The van der Waals surface area contributed by atoms with Crippen LogP contribution in [0, 0.1) is 6.92 Å². The molecule has 1 saturated heterocycles. The number of nitrogens with zero attached hydrogens (tertiary/aromatic N) is 3. The van der Waals surface area contributed by atoms with Gasteiger partial charge in [-0.2, -0.15) is 0 Å². The molecule has 1 aliphatic heterocycles. The fourth-order valence-corrected chi connectivity index (χ4v) is 2.59. The number of urea groups is 1. The Kier molecular flexibility index (Phi) is 3.89. The van der Waals surface area contributed by atoms with Crippen molar-refractivity contribution in [3.05, 3.63) is 42.1 Å². The van der Waals surface area contributed by atoms with Gasteiger partial charge in [-0.15, -0.1) is 0 Å². The minimum absolute atomic E-state index is 0.231. The molecular weight excluding hydrogens is 348 g/mol. The van der Waals surface area contributed by atoms with Crippen molar-refractivity contribution >= 4 is 33.7 Å². The van der Waals surface area contributed by atoms with E-state index >= 15 is 0 Å². The Hall–Kier alpha value is -2.28. The fraction of sp³-hybridized carbons (Fsp3) is 0.200. The Morgan fingerprint density at radius 2 is 1.95 bits per heavy atom. The predicted octanol–water partition coefficient (Wildman–Crippen LogP) is 2.27. The summed E-state index contributed by atoms with van der Waals surface area (Å²) in [7, 11) is 0. The highest BCUT2D eigenvalue weighted by Gasteiger charge is 2.32. The van der Waals surface area contributed by atoms with Crippen LogP contribution in [0.4, 0.5) is 10.6 Å². The molecule has 1 aromatic carbocycles. The average molecular weight is 361 g/mol. The van der Waals surface area contributed by atoms with Crippen molar-refractivity contribution in [2.75, 3.05) is 11.4 Å². The van der Waals surface area contributed by atoms with Gasteiger partial charge in [0.1, 0.15) is 10.6 Å². The molecule has 0 bridgehead atoms. The molecule has 7 heteroatoms. The summed E-state index contributed by atoms with van der Waals surface area (Å²) in [6.07, 6.45) is 0. The van der Waals surface area contributed by atoms with Crippen LogP contribution in [0.25, 0.3) is 11.4 Å². The van der Waals surface area contributed by atoms with Crippen LogP contribution in [0.5, 0.6) is 0 Å². The molecule has 112 valence electrons. The maximum absolute atomic E-state index is 12.0. The van der Waals surface area contributed by atoms with Crippen LogP contribution >= 0.6 is 15.9 Å². The van der Waals surface area contributed by atoms with Gasteiger partial charge in [0.2, 0.25) is 5.91 Å². The molecule has 2 aromatic rings. The highest BCUT2D eigenvalue weighted by molar-refractivity contribution is 9.10. The molecule has 1 fully saturated rings. The Morgan fingerprint density at radius 1 is 1.23 bits per heavy atom. The van der Waals surface area contributed by atoms with Gasteiger partial charge in [-0.1, -0.05) is 46.3 Å². The third kappa shape index (κ3) is 2.85. The number of carbonyl (C=O) groups is 2. The molecular formula is C15H13BrN4O2. The first-order valence-electron chi connectivity index (χ1n) is 6.72. The highest BCUT2D eigenvalue weighted by Crippen LogP contribution is 2.22. The number of halogens is 1. The highest BCUT2D eigenvalue weighted by atomic mass is 79.9.